The van der Waals surface area contributed by atoms with E-state index in [1.54, 1.807) is 6.07 Å². The van der Waals surface area contributed by atoms with Crippen molar-refractivity contribution in [3.8, 4) is 17.0 Å². The van der Waals surface area contributed by atoms with Crippen LogP contribution in [0, 0.1) is 0 Å². The van der Waals surface area contributed by atoms with Gasteiger partial charge in [-0.05, 0) is 12.1 Å². The second-order valence-corrected chi connectivity index (χ2v) is 7.84. The minimum atomic E-state index is -0.0291. The Labute approximate surface area is 171 Å². The van der Waals surface area contributed by atoms with Gasteiger partial charge in [0, 0.05) is 31.1 Å². The Balaban J connectivity index is 1.60. The smallest absolute Gasteiger partial charge is 0.204 e. The predicted molar refractivity (Wildman–Crippen MR) is 115 cm³/mol. The number of rotatable bonds is 4. The van der Waals surface area contributed by atoms with Gasteiger partial charge in [-0.25, -0.2) is 4.98 Å². The lowest BCUT2D eigenvalue weighted by Gasteiger charge is -2.29. The highest BCUT2D eigenvalue weighted by atomic mass is 32.1. The molecule has 5 heterocycles. The fraction of sp³-hybridized carbons (Fsp3) is 0.333. The standard InChI is InChI=1S/C21H21N3O4S/c1-2-5-24-8-11-27-17-4-3-15(22-21(17)24)14-13-29-20-16(25)12-18(28-19(14)20)23-6-9-26-10-7-23/h2-4,12-13H,1,5-11H2. The maximum Gasteiger partial charge on any atom is 0.204 e. The molecule has 150 valence electrons. The maximum absolute atomic E-state index is 12.7. The number of fused-ring (bicyclic) bond motifs is 2. The fourth-order valence-electron chi connectivity index (χ4n) is 3.68. The molecule has 8 heteroatoms. The monoisotopic (exact) mass is 411 g/mol. The molecular weight excluding hydrogens is 390 g/mol. The van der Waals surface area contributed by atoms with Crippen LogP contribution in [0.3, 0.4) is 0 Å². The summed E-state index contributed by atoms with van der Waals surface area (Å²) in [5.74, 6) is 2.14. The summed E-state index contributed by atoms with van der Waals surface area (Å²) < 4.78 is 18.0. The van der Waals surface area contributed by atoms with E-state index in [2.05, 4.69) is 11.5 Å². The number of ether oxygens (including phenoxy) is 2. The van der Waals surface area contributed by atoms with Crippen LogP contribution < -0.4 is 20.0 Å². The van der Waals surface area contributed by atoms with Crippen LogP contribution >= 0.6 is 11.3 Å². The Morgan fingerprint density at radius 3 is 2.90 bits per heavy atom. The number of hydrogen-bond acceptors (Lipinski definition) is 8. The average molecular weight is 411 g/mol. The van der Waals surface area contributed by atoms with Crippen LogP contribution in [0.25, 0.3) is 21.5 Å². The van der Waals surface area contributed by atoms with Gasteiger partial charge in [-0.1, -0.05) is 6.08 Å². The molecule has 7 nitrogen and oxygen atoms in total. The van der Waals surface area contributed by atoms with Crippen molar-refractivity contribution in [2.24, 2.45) is 0 Å². The predicted octanol–water partition coefficient (Wildman–Crippen LogP) is 3.14. The minimum absolute atomic E-state index is 0.0291. The van der Waals surface area contributed by atoms with Gasteiger partial charge >= 0.3 is 0 Å². The lowest BCUT2D eigenvalue weighted by molar-refractivity contribution is 0.121. The summed E-state index contributed by atoms with van der Waals surface area (Å²) in [7, 11) is 0. The summed E-state index contributed by atoms with van der Waals surface area (Å²) >= 11 is 1.39. The van der Waals surface area contributed by atoms with Crippen molar-refractivity contribution in [3.63, 3.8) is 0 Å². The maximum atomic E-state index is 12.7. The van der Waals surface area contributed by atoms with Gasteiger partial charge in [0.1, 0.15) is 11.3 Å². The number of thiophene rings is 1. The SMILES string of the molecule is C=CCN1CCOc2ccc(-c3csc4c(=O)cc(N5CCOCC5)oc34)nc21. The van der Waals surface area contributed by atoms with E-state index in [1.807, 2.05) is 28.5 Å². The van der Waals surface area contributed by atoms with Crippen LogP contribution in [0.1, 0.15) is 0 Å². The van der Waals surface area contributed by atoms with E-state index in [0.29, 0.717) is 55.6 Å². The van der Waals surface area contributed by atoms with Crippen molar-refractivity contribution in [3.05, 3.63) is 46.5 Å². The molecule has 3 aromatic rings. The molecule has 0 bridgehead atoms. The van der Waals surface area contributed by atoms with E-state index in [0.717, 1.165) is 29.4 Å². The molecule has 1 fully saturated rings. The van der Waals surface area contributed by atoms with Crippen LogP contribution in [0.5, 0.6) is 5.75 Å². The van der Waals surface area contributed by atoms with E-state index in [-0.39, 0.29) is 5.43 Å². The van der Waals surface area contributed by atoms with Crippen molar-refractivity contribution < 1.29 is 13.9 Å². The summed E-state index contributed by atoms with van der Waals surface area (Å²) in [5.41, 5.74) is 2.14. The van der Waals surface area contributed by atoms with Crippen LogP contribution in [-0.4, -0.2) is 51.0 Å². The molecule has 0 aliphatic carbocycles. The van der Waals surface area contributed by atoms with Gasteiger partial charge in [-0.3, -0.25) is 4.79 Å². The first-order valence-electron chi connectivity index (χ1n) is 9.62. The summed E-state index contributed by atoms with van der Waals surface area (Å²) in [5, 5.41) is 1.94. The third-order valence-electron chi connectivity index (χ3n) is 5.14. The molecule has 0 aromatic carbocycles. The van der Waals surface area contributed by atoms with Crippen molar-refractivity contribution in [1.29, 1.82) is 0 Å². The molecule has 1 saturated heterocycles. The molecule has 2 aliphatic heterocycles. The first-order chi connectivity index (χ1) is 14.2. The molecule has 0 radical (unpaired) electrons. The number of nitrogens with zero attached hydrogens (tertiary/aromatic N) is 3. The molecule has 0 N–H and O–H groups in total. The van der Waals surface area contributed by atoms with Crippen LogP contribution in [0.4, 0.5) is 11.7 Å². The zero-order chi connectivity index (χ0) is 19.8. The lowest BCUT2D eigenvalue weighted by atomic mass is 10.2. The number of pyridine rings is 1. The van der Waals surface area contributed by atoms with E-state index < -0.39 is 0 Å². The fourth-order valence-corrected chi connectivity index (χ4v) is 4.57. The summed E-state index contributed by atoms with van der Waals surface area (Å²) in [4.78, 5) is 21.7. The van der Waals surface area contributed by atoms with Crippen LogP contribution in [0.15, 0.2) is 45.4 Å². The zero-order valence-electron chi connectivity index (χ0n) is 15.9. The lowest BCUT2D eigenvalue weighted by Crippen LogP contribution is -2.36. The van der Waals surface area contributed by atoms with E-state index in [1.165, 1.54) is 11.3 Å². The molecule has 29 heavy (non-hydrogen) atoms. The van der Waals surface area contributed by atoms with Gasteiger partial charge in [0.25, 0.3) is 0 Å². The highest BCUT2D eigenvalue weighted by Gasteiger charge is 2.22. The van der Waals surface area contributed by atoms with Crippen molar-refractivity contribution >= 4 is 33.3 Å². The number of morpholine rings is 1. The zero-order valence-corrected chi connectivity index (χ0v) is 16.7. The number of hydrogen-bond donors (Lipinski definition) is 0. The van der Waals surface area contributed by atoms with Crippen LogP contribution in [-0.2, 0) is 4.74 Å². The molecule has 0 amide bonds. The quantitative estimate of drug-likeness (QED) is 0.611. The minimum Gasteiger partial charge on any atom is -0.488 e. The third-order valence-corrected chi connectivity index (χ3v) is 6.11. The molecule has 0 saturated carbocycles. The summed E-state index contributed by atoms with van der Waals surface area (Å²) in [6.07, 6.45) is 1.86. The van der Waals surface area contributed by atoms with Gasteiger partial charge < -0.3 is 23.7 Å². The molecule has 3 aromatic heterocycles. The van der Waals surface area contributed by atoms with Gasteiger partial charge in [0.05, 0.1) is 31.0 Å². The highest BCUT2D eigenvalue weighted by molar-refractivity contribution is 7.17. The van der Waals surface area contributed by atoms with Gasteiger partial charge in [-0.15, -0.1) is 17.9 Å². The van der Waals surface area contributed by atoms with Crippen molar-refractivity contribution in [1.82, 2.24) is 4.98 Å². The molecular formula is C21H21N3O4S. The Bertz CT molecular complexity index is 1120. The van der Waals surface area contributed by atoms with Gasteiger partial charge in [-0.2, -0.15) is 0 Å². The molecule has 0 atom stereocenters. The van der Waals surface area contributed by atoms with Gasteiger partial charge in [0.15, 0.2) is 23.0 Å². The first kappa shape index (κ1) is 18.2. The summed E-state index contributed by atoms with van der Waals surface area (Å²) in [6.45, 7) is 8.59. The molecule has 0 unspecified atom stereocenters. The second-order valence-electron chi connectivity index (χ2n) is 6.96. The summed E-state index contributed by atoms with van der Waals surface area (Å²) in [6, 6.07) is 5.42. The topological polar surface area (TPSA) is 68.0 Å². The Kier molecular flexibility index (Phi) is 4.73. The third kappa shape index (κ3) is 3.28. The molecule has 0 spiro atoms. The molecule has 5 rings (SSSR count). The Morgan fingerprint density at radius 1 is 1.21 bits per heavy atom. The van der Waals surface area contributed by atoms with E-state index in [9.17, 15) is 4.79 Å². The number of anilines is 2. The van der Waals surface area contributed by atoms with Crippen molar-refractivity contribution in [2.45, 2.75) is 0 Å². The molecule has 2 aliphatic rings. The largest absolute Gasteiger partial charge is 0.488 e. The van der Waals surface area contributed by atoms with E-state index >= 15 is 0 Å². The van der Waals surface area contributed by atoms with Crippen molar-refractivity contribution in [2.75, 3.05) is 55.8 Å². The van der Waals surface area contributed by atoms with E-state index in [4.69, 9.17) is 18.9 Å². The Morgan fingerprint density at radius 2 is 2.07 bits per heavy atom. The average Bonchev–Trinajstić information content (AvgIpc) is 3.19. The van der Waals surface area contributed by atoms with Crippen LogP contribution in [0.2, 0.25) is 0 Å². The highest BCUT2D eigenvalue weighted by Crippen LogP contribution is 2.37. The second kappa shape index (κ2) is 7.53. The Hall–Kier alpha value is -2.84. The first-order valence-corrected chi connectivity index (χ1v) is 10.5. The van der Waals surface area contributed by atoms with Gasteiger partial charge in [0.2, 0.25) is 5.43 Å². The normalized spacial score (nSPS) is 16.6. The number of aromatic nitrogens is 1.